The van der Waals surface area contributed by atoms with Crippen LogP contribution < -0.4 is 15.2 Å². The summed E-state index contributed by atoms with van der Waals surface area (Å²) >= 11 is 0. The van der Waals surface area contributed by atoms with Gasteiger partial charge in [0.25, 0.3) is 0 Å². The highest BCUT2D eigenvalue weighted by molar-refractivity contribution is 5.95. The van der Waals surface area contributed by atoms with E-state index in [0.717, 1.165) is 43.6 Å². The lowest BCUT2D eigenvalue weighted by Crippen LogP contribution is -2.44. The Bertz CT molecular complexity index is 1120. The fourth-order valence-electron chi connectivity index (χ4n) is 4.63. The summed E-state index contributed by atoms with van der Waals surface area (Å²) in [7, 11) is 1.68. The molecule has 0 bridgehead atoms. The van der Waals surface area contributed by atoms with E-state index in [1.807, 2.05) is 12.1 Å². The van der Waals surface area contributed by atoms with Gasteiger partial charge in [-0.2, -0.15) is 0 Å². The maximum Gasteiger partial charge on any atom is 0.249 e. The monoisotopic (exact) mass is 475 g/mol. The number of hydrogen-bond donors (Lipinski definition) is 2. The SMILES string of the molecule is CCCN(CCCc1c[nH]c2ccc(OC)cc12)C1COc2c(F)ccc(C(N)=O)c2C1.Cl. The number of nitrogens with zero attached hydrogens (tertiary/aromatic N) is 1. The van der Waals surface area contributed by atoms with Crippen molar-refractivity contribution in [1.29, 1.82) is 0 Å². The number of aromatic nitrogens is 1. The minimum atomic E-state index is -0.553. The maximum atomic E-state index is 14.2. The lowest BCUT2D eigenvalue weighted by atomic mass is 9.95. The molecule has 1 aliphatic rings. The number of rotatable bonds is 9. The topological polar surface area (TPSA) is 80.6 Å². The number of benzene rings is 2. The summed E-state index contributed by atoms with van der Waals surface area (Å²) in [6.45, 7) is 4.34. The zero-order chi connectivity index (χ0) is 22.7. The molecule has 8 heteroatoms. The number of carbonyl (C=O) groups is 1. The Morgan fingerprint density at radius 2 is 2.12 bits per heavy atom. The van der Waals surface area contributed by atoms with E-state index in [1.54, 1.807) is 7.11 Å². The fourth-order valence-corrected chi connectivity index (χ4v) is 4.63. The number of nitrogens with two attached hydrogens (primary N) is 1. The van der Waals surface area contributed by atoms with E-state index in [0.29, 0.717) is 24.2 Å². The minimum absolute atomic E-state index is 0. The summed E-state index contributed by atoms with van der Waals surface area (Å²) < 4.78 is 25.4. The molecule has 0 aliphatic carbocycles. The molecule has 0 radical (unpaired) electrons. The molecule has 1 aliphatic heterocycles. The second kappa shape index (κ2) is 10.9. The molecule has 4 rings (SSSR count). The van der Waals surface area contributed by atoms with Gasteiger partial charge in [-0.1, -0.05) is 6.92 Å². The Morgan fingerprint density at radius 1 is 1.30 bits per heavy atom. The number of aryl methyl sites for hydroxylation is 1. The molecule has 178 valence electrons. The van der Waals surface area contributed by atoms with Crippen molar-refractivity contribution >= 4 is 29.2 Å². The van der Waals surface area contributed by atoms with Gasteiger partial charge in [0, 0.05) is 34.3 Å². The molecule has 2 aromatic carbocycles. The molecule has 3 aromatic rings. The van der Waals surface area contributed by atoms with Crippen molar-refractivity contribution in [2.75, 3.05) is 26.8 Å². The van der Waals surface area contributed by atoms with E-state index in [-0.39, 0.29) is 24.2 Å². The summed E-state index contributed by atoms with van der Waals surface area (Å²) in [5.74, 6) is 0.0192. The van der Waals surface area contributed by atoms with Gasteiger partial charge in [-0.25, -0.2) is 4.39 Å². The zero-order valence-corrected chi connectivity index (χ0v) is 19.8. The van der Waals surface area contributed by atoms with Gasteiger partial charge < -0.3 is 20.2 Å². The number of halogens is 2. The first-order valence-electron chi connectivity index (χ1n) is 11.1. The first-order valence-corrected chi connectivity index (χ1v) is 11.1. The van der Waals surface area contributed by atoms with Crippen molar-refractivity contribution in [1.82, 2.24) is 9.88 Å². The molecule has 0 saturated carbocycles. The van der Waals surface area contributed by atoms with Crippen molar-refractivity contribution < 1.29 is 18.7 Å². The molecular weight excluding hydrogens is 445 g/mol. The summed E-state index contributed by atoms with van der Waals surface area (Å²) in [5, 5.41) is 1.18. The quantitative estimate of drug-likeness (QED) is 0.478. The second-order valence-electron chi connectivity index (χ2n) is 8.30. The largest absolute Gasteiger partial charge is 0.497 e. The molecule has 1 atom stereocenters. The van der Waals surface area contributed by atoms with Crippen LogP contribution in [-0.4, -0.2) is 48.6 Å². The van der Waals surface area contributed by atoms with Gasteiger partial charge in [0.15, 0.2) is 11.6 Å². The van der Waals surface area contributed by atoms with Gasteiger partial charge in [0.05, 0.1) is 7.11 Å². The molecule has 6 nitrogen and oxygen atoms in total. The molecule has 1 unspecified atom stereocenters. The molecule has 1 aromatic heterocycles. The Balaban J connectivity index is 0.00000306. The van der Waals surface area contributed by atoms with E-state index in [2.05, 4.69) is 29.1 Å². The van der Waals surface area contributed by atoms with E-state index in [1.165, 1.54) is 23.1 Å². The van der Waals surface area contributed by atoms with Crippen molar-refractivity contribution in [3.05, 3.63) is 59.0 Å². The third-order valence-electron chi connectivity index (χ3n) is 6.23. The predicted molar refractivity (Wildman–Crippen MR) is 130 cm³/mol. The number of primary amides is 1. The van der Waals surface area contributed by atoms with Crippen LogP contribution in [0.15, 0.2) is 36.5 Å². The Morgan fingerprint density at radius 3 is 2.85 bits per heavy atom. The van der Waals surface area contributed by atoms with Crippen LogP contribution in [0, 0.1) is 5.82 Å². The number of carbonyl (C=O) groups excluding carboxylic acids is 1. The molecule has 1 amide bonds. The first-order chi connectivity index (χ1) is 15.5. The van der Waals surface area contributed by atoms with Gasteiger partial charge in [-0.3, -0.25) is 9.69 Å². The Labute approximate surface area is 199 Å². The molecule has 0 spiro atoms. The van der Waals surface area contributed by atoms with Gasteiger partial charge >= 0.3 is 0 Å². The molecular formula is C25H31ClFN3O3. The van der Waals surface area contributed by atoms with Crippen molar-refractivity contribution in [3.63, 3.8) is 0 Å². The third-order valence-corrected chi connectivity index (χ3v) is 6.23. The van der Waals surface area contributed by atoms with Crippen LogP contribution in [0.1, 0.15) is 41.3 Å². The number of ether oxygens (including phenoxy) is 2. The summed E-state index contributed by atoms with van der Waals surface area (Å²) in [4.78, 5) is 17.6. The third kappa shape index (κ3) is 5.25. The number of aromatic amines is 1. The second-order valence-corrected chi connectivity index (χ2v) is 8.30. The average Bonchev–Trinajstić information content (AvgIpc) is 3.20. The zero-order valence-electron chi connectivity index (χ0n) is 19.0. The van der Waals surface area contributed by atoms with E-state index >= 15 is 0 Å². The van der Waals surface area contributed by atoms with E-state index < -0.39 is 11.7 Å². The van der Waals surface area contributed by atoms with Gasteiger partial charge in [-0.05, 0) is 74.7 Å². The summed E-state index contributed by atoms with van der Waals surface area (Å²) in [6, 6.07) is 8.84. The predicted octanol–water partition coefficient (Wildman–Crippen LogP) is 4.48. The number of methoxy groups -OCH3 is 1. The lowest BCUT2D eigenvalue weighted by molar-refractivity contribution is 0.0984. The van der Waals surface area contributed by atoms with Crippen LogP contribution in [0.2, 0.25) is 0 Å². The number of nitrogens with one attached hydrogen (secondary N) is 1. The van der Waals surface area contributed by atoms with Crippen molar-refractivity contribution in [3.8, 4) is 11.5 Å². The first kappa shape index (κ1) is 24.9. The lowest BCUT2D eigenvalue weighted by Gasteiger charge is -2.35. The molecule has 3 N–H and O–H groups in total. The highest BCUT2D eigenvalue weighted by Gasteiger charge is 2.30. The van der Waals surface area contributed by atoms with Crippen LogP contribution in [0.5, 0.6) is 11.5 Å². The highest BCUT2D eigenvalue weighted by Crippen LogP contribution is 2.32. The van der Waals surface area contributed by atoms with Crippen LogP contribution in [0.25, 0.3) is 10.9 Å². The number of fused-ring (bicyclic) bond motifs is 2. The van der Waals surface area contributed by atoms with Crippen molar-refractivity contribution in [2.45, 2.75) is 38.6 Å². The van der Waals surface area contributed by atoms with Gasteiger partial charge in [0.1, 0.15) is 12.4 Å². The molecule has 0 fully saturated rings. The van der Waals surface area contributed by atoms with Crippen LogP contribution >= 0.6 is 12.4 Å². The highest BCUT2D eigenvalue weighted by atomic mass is 35.5. The molecule has 33 heavy (non-hydrogen) atoms. The normalized spacial score (nSPS) is 15.1. The fraction of sp³-hybridized carbons (Fsp3) is 0.400. The van der Waals surface area contributed by atoms with Gasteiger partial charge in [-0.15, -0.1) is 12.4 Å². The van der Waals surface area contributed by atoms with E-state index in [4.69, 9.17) is 15.2 Å². The minimum Gasteiger partial charge on any atom is -0.497 e. The summed E-state index contributed by atoms with van der Waals surface area (Å²) in [6.07, 6.45) is 5.52. The average molecular weight is 476 g/mol. The van der Waals surface area contributed by atoms with E-state index in [9.17, 15) is 9.18 Å². The van der Waals surface area contributed by atoms with Crippen molar-refractivity contribution in [2.24, 2.45) is 5.73 Å². The number of hydrogen-bond acceptors (Lipinski definition) is 4. The smallest absolute Gasteiger partial charge is 0.249 e. The molecule has 2 heterocycles. The van der Waals surface area contributed by atoms with Gasteiger partial charge in [0.2, 0.25) is 5.91 Å². The Hall–Kier alpha value is -2.77. The molecule has 0 saturated heterocycles. The number of amides is 1. The maximum absolute atomic E-state index is 14.2. The van der Waals surface area contributed by atoms with Crippen LogP contribution in [-0.2, 0) is 12.8 Å². The summed E-state index contributed by atoms with van der Waals surface area (Å²) in [5.41, 5.74) is 8.82. The standard InChI is InChI=1S/C25H30FN3O3.ClH/c1-3-10-29(11-4-5-16-14-28-23-9-6-18(31-2)13-20(16)23)17-12-21-19(25(27)30)7-8-22(26)24(21)32-15-17;/h6-9,13-14,17,28H,3-5,10-12,15H2,1-2H3,(H2,27,30);1H. The van der Waals surface area contributed by atoms with Crippen LogP contribution in [0.4, 0.5) is 4.39 Å². The van der Waals surface area contributed by atoms with Crippen LogP contribution in [0.3, 0.4) is 0 Å². The number of H-pyrrole nitrogens is 1. The Kier molecular flexibility index (Phi) is 8.21.